The van der Waals surface area contributed by atoms with Crippen molar-refractivity contribution in [3.05, 3.63) is 0 Å². The van der Waals surface area contributed by atoms with Crippen molar-refractivity contribution >= 4 is 17.8 Å². The standard InChI is InChI=1S/C14H28N6/c1-5-8-9-10-11-16-13-17-12(15-4)18-14(19-13)20(6-2)7-3/h5-11H2,1-4H3,(H2,15,16,17,18,19). The highest BCUT2D eigenvalue weighted by Gasteiger charge is 2.10. The number of rotatable bonds is 10. The summed E-state index contributed by atoms with van der Waals surface area (Å²) in [5.41, 5.74) is 0. The van der Waals surface area contributed by atoms with Gasteiger partial charge in [-0.1, -0.05) is 26.2 Å². The second-order valence-electron chi connectivity index (χ2n) is 4.69. The third-order valence-electron chi connectivity index (χ3n) is 3.21. The van der Waals surface area contributed by atoms with Gasteiger partial charge in [0.05, 0.1) is 0 Å². The molecule has 0 bridgehead atoms. The molecule has 0 saturated heterocycles. The van der Waals surface area contributed by atoms with E-state index >= 15 is 0 Å². The third kappa shape index (κ3) is 5.19. The molecule has 0 spiro atoms. The van der Waals surface area contributed by atoms with Crippen LogP contribution in [0.5, 0.6) is 0 Å². The second-order valence-corrected chi connectivity index (χ2v) is 4.69. The van der Waals surface area contributed by atoms with Gasteiger partial charge in [0.1, 0.15) is 0 Å². The molecule has 6 heteroatoms. The van der Waals surface area contributed by atoms with E-state index in [0.29, 0.717) is 11.9 Å². The van der Waals surface area contributed by atoms with E-state index in [4.69, 9.17) is 0 Å². The lowest BCUT2D eigenvalue weighted by Crippen LogP contribution is -2.25. The van der Waals surface area contributed by atoms with Crippen molar-refractivity contribution in [2.45, 2.75) is 46.5 Å². The van der Waals surface area contributed by atoms with E-state index in [1.807, 2.05) is 7.05 Å². The van der Waals surface area contributed by atoms with Gasteiger partial charge in [0.25, 0.3) is 0 Å². The average molecular weight is 280 g/mol. The molecule has 0 fully saturated rings. The highest BCUT2D eigenvalue weighted by molar-refractivity contribution is 5.43. The number of aromatic nitrogens is 3. The van der Waals surface area contributed by atoms with Gasteiger partial charge in [-0.25, -0.2) is 0 Å². The van der Waals surface area contributed by atoms with Crippen molar-refractivity contribution in [3.8, 4) is 0 Å². The molecule has 2 N–H and O–H groups in total. The second kappa shape index (κ2) is 9.34. The first kappa shape index (κ1) is 16.5. The van der Waals surface area contributed by atoms with Crippen molar-refractivity contribution in [1.29, 1.82) is 0 Å². The summed E-state index contributed by atoms with van der Waals surface area (Å²) < 4.78 is 0. The first-order valence-electron chi connectivity index (χ1n) is 7.67. The van der Waals surface area contributed by atoms with Crippen LogP contribution in [0, 0.1) is 0 Å². The van der Waals surface area contributed by atoms with Gasteiger partial charge in [0, 0.05) is 26.7 Å². The molecule has 6 nitrogen and oxygen atoms in total. The van der Waals surface area contributed by atoms with Crippen LogP contribution in [0.4, 0.5) is 17.8 Å². The van der Waals surface area contributed by atoms with Crippen LogP contribution in [-0.2, 0) is 0 Å². The van der Waals surface area contributed by atoms with Gasteiger partial charge in [-0.3, -0.25) is 0 Å². The summed E-state index contributed by atoms with van der Waals surface area (Å²) in [4.78, 5) is 15.4. The molecule has 0 amide bonds. The Morgan fingerprint density at radius 3 is 2.20 bits per heavy atom. The summed E-state index contributed by atoms with van der Waals surface area (Å²) in [5, 5.41) is 6.29. The minimum atomic E-state index is 0.609. The molecule has 1 aromatic heterocycles. The van der Waals surface area contributed by atoms with Crippen LogP contribution >= 0.6 is 0 Å². The smallest absolute Gasteiger partial charge is 0.231 e. The van der Waals surface area contributed by atoms with E-state index in [9.17, 15) is 0 Å². The fraction of sp³-hybridized carbons (Fsp3) is 0.786. The zero-order chi connectivity index (χ0) is 14.8. The Morgan fingerprint density at radius 1 is 0.900 bits per heavy atom. The average Bonchev–Trinajstić information content (AvgIpc) is 2.48. The van der Waals surface area contributed by atoms with Gasteiger partial charge in [-0.15, -0.1) is 0 Å². The van der Waals surface area contributed by atoms with E-state index in [2.05, 4.69) is 51.3 Å². The molecule has 0 aliphatic heterocycles. The van der Waals surface area contributed by atoms with E-state index in [0.717, 1.165) is 32.0 Å². The maximum atomic E-state index is 4.49. The number of unbranched alkanes of at least 4 members (excludes halogenated alkanes) is 3. The maximum absolute atomic E-state index is 4.49. The van der Waals surface area contributed by atoms with Gasteiger partial charge in [-0.2, -0.15) is 15.0 Å². The number of nitrogens with zero attached hydrogens (tertiary/aromatic N) is 4. The molecule has 1 rings (SSSR count). The van der Waals surface area contributed by atoms with E-state index in [1.54, 1.807) is 0 Å². The van der Waals surface area contributed by atoms with Gasteiger partial charge in [-0.05, 0) is 20.3 Å². The largest absolute Gasteiger partial charge is 0.357 e. The zero-order valence-electron chi connectivity index (χ0n) is 13.2. The van der Waals surface area contributed by atoms with E-state index in [1.165, 1.54) is 19.3 Å². The van der Waals surface area contributed by atoms with Crippen molar-refractivity contribution in [1.82, 2.24) is 15.0 Å². The summed E-state index contributed by atoms with van der Waals surface area (Å²) in [5.74, 6) is 1.99. The van der Waals surface area contributed by atoms with Crippen LogP contribution < -0.4 is 15.5 Å². The summed E-state index contributed by atoms with van der Waals surface area (Å²) in [6.07, 6.45) is 4.93. The van der Waals surface area contributed by atoms with Crippen LogP contribution in [-0.4, -0.2) is 41.6 Å². The molecule has 0 radical (unpaired) electrons. The van der Waals surface area contributed by atoms with Crippen LogP contribution in [0.15, 0.2) is 0 Å². The SMILES string of the molecule is CCCCCCNc1nc(NC)nc(N(CC)CC)n1. The van der Waals surface area contributed by atoms with Gasteiger partial charge < -0.3 is 15.5 Å². The van der Waals surface area contributed by atoms with Crippen molar-refractivity contribution in [2.24, 2.45) is 0 Å². The highest BCUT2D eigenvalue weighted by atomic mass is 15.3. The Balaban J connectivity index is 2.67. The number of hydrogen-bond donors (Lipinski definition) is 2. The topological polar surface area (TPSA) is 66.0 Å². The predicted molar refractivity (Wildman–Crippen MR) is 85.6 cm³/mol. The first-order chi connectivity index (χ1) is 9.74. The molecule has 0 aromatic carbocycles. The predicted octanol–water partition coefficient (Wildman–Crippen LogP) is 2.75. The summed E-state index contributed by atoms with van der Waals surface area (Å²) in [6.45, 7) is 9.10. The summed E-state index contributed by atoms with van der Waals surface area (Å²) in [7, 11) is 1.83. The normalized spacial score (nSPS) is 10.4. The maximum Gasteiger partial charge on any atom is 0.231 e. The van der Waals surface area contributed by atoms with Gasteiger partial charge in [0.2, 0.25) is 17.8 Å². The lowest BCUT2D eigenvalue weighted by atomic mass is 10.2. The van der Waals surface area contributed by atoms with Crippen molar-refractivity contribution < 1.29 is 0 Å². The van der Waals surface area contributed by atoms with Crippen LogP contribution in [0.2, 0.25) is 0 Å². The summed E-state index contributed by atoms with van der Waals surface area (Å²) >= 11 is 0. The fourth-order valence-electron chi connectivity index (χ4n) is 1.96. The molecule has 0 aliphatic carbocycles. The first-order valence-corrected chi connectivity index (χ1v) is 7.67. The molecule has 0 atom stereocenters. The Kier molecular flexibility index (Phi) is 7.69. The lowest BCUT2D eigenvalue weighted by molar-refractivity contribution is 0.683. The minimum absolute atomic E-state index is 0.609. The van der Waals surface area contributed by atoms with Crippen LogP contribution in [0.1, 0.15) is 46.5 Å². The van der Waals surface area contributed by atoms with E-state index in [-0.39, 0.29) is 0 Å². The van der Waals surface area contributed by atoms with Crippen molar-refractivity contribution in [3.63, 3.8) is 0 Å². The molecular formula is C14H28N6. The molecule has 0 unspecified atom stereocenters. The Hall–Kier alpha value is -1.59. The Morgan fingerprint density at radius 2 is 1.60 bits per heavy atom. The summed E-state index contributed by atoms with van der Waals surface area (Å²) in [6, 6.07) is 0. The number of nitrogens with one attached hydrogen (secondary N) is 2. The molecule has 0 saturated carbocycles. The lowest BCUT2D eigenvalue weighted by Gasteiger charge is -2.19. The Labute approximate surface area is 122 Å². The molecule has 1 heterocycles. The molecule has 114 valence electrons. The third-order valence-corrected chi connectivity index (χ3v) is 3.21. The van der Waals surface area contributed by atoms with Crippen LogP contribution in [0.3, 0.4) is 0 Å². The molecule has 0 aliphatic rings. The van der Waals surface area contributed by atoms with Gasteiger partial charge in [0.15, 0.2) is 0 Å². The number of hydrogen-bond acceptors (Lipinski definition) is 6. The monoisotopic (exact) mass is 280 g/mol. The van der Waals surface area contributed by atoms with Crippen molar-refractivity contribution in [2.75, 3.05) is 42.2 Å². The van der Waals surface area contributed by atoms with Crippen LogP contribution in [0.25, 0.3) is 0 Å². The fourth-order valence-corrected chi connectivity index (χ4v) is 1.96. The van der Waals surface area contributed by atoms with Gasteiger partial charge >= 0.3 is 0 Å². The number of anilines is 3. The highest BCUT2D eigenvalue weighted by Crippen LogP contribution is 2.13. The molecular weight excluding hydrogens is 252 g/mol. The molecule has 20 heavy (non-hydrogen) atoms. The quantitative estimate of drug-likeness (QED) is 0.642. The minimum Gasteiger partial charge on any atom is -0.357 e. The van der Waals surface area contributed by atoms with E-state index < -0.39 is 0 Å². The Bertz CT molecular complexity index is 378. The molecule has 1 aromatic rings. The zero-order valence-corrected chi connectivity index (χ0v) is 13.2.